The minimum absolute atomic E-state index is 0.322. The average molecular weight is 347 g/mol. The molecule has 4 aromatic heterocycles. The molecule has 4 heterocycles. The Morgan fingerprint density at radius 1 is 1.19 bits per heavy atom. The number of hydrogen-bond donors (Lipinski definition) is 1. The molecular weight excluding hydrogens is 330 g/mol. The number of primary amides is 1. The van der Waals surface area contributed by atoms with Gasteiger partial charge < -0.3 is 5.73 Å². The van der Waals surface area contributed by atoms with Gasteiger partial charge in [-0.3, -0.25) is 13.8 Å². The summed E-state index contributed by atoms with van der Waals surface area (Å²) < 4.78 is 3.61. The molecule has 2 N–H and O–H groups in total. The van der Waals surface area contributed by atoms with Crippen LogP contribution in [0, 0.1) is 6.92 Å². The summed E-state index contributed by atoms with van der Waals surface area (Å²) in [6.07, 6.45) is 3.98. The SMILES string of the molecule is CCc1nnc(-c2cccc(C)n2)n1-c1ccc2ncc(C(N)=O)n2c1. The second kappa shape index (κ2) is 6.07. The van der Waals surface area contributed by atoms with Gasteiger partial charge in [0.1, 0.15) is 22.9 Å². The van der Waals surface area contributed by atoms with Gasteiger partial charge in [-0.15, -0.1) is 10.2 Å². The Morgan fingerprint density at radius 3 is 2.77 bits per heavy atom. The highest BCUT2D eigenvalue weighted by atomic mass is 16.1. The van der Waals surface area contributed by atoms with E-state index in [1.54, 1.807) is 4.40 Å². The number of carbonyl (C=O) groups excluding carboxylic acids is 1. The van der Waals surface area contributed by atoms with Crippen molar-refractivity contribution in [3.63, 3.8) is 0 Å². The van der Waals surface area contributed by atoms with E-state index in [0.29, 0.717) is 23.6 Å². The summed E-state index contributed by atoms with van der Waals surface area (Å²) in [7, 11) is 0. The molecule has 0 atom stereocenters. The Morgan fingerprint density at radius 2 is 2.04 bits per heavy atom. The van der Waals surface area contributed by atoms with Crippen LogP contribution in [0.5, 0.6) is 0 Å². The first kappa shape index (κ1) is 15.9. The summed E-state index contributed by atoms with van der Waals surface area (Å²) in [5.74, 6) is 0.906. The first-order valence-electron chi connectivity index (χ1n) is 8.24. The van der Waals surface area contributed by atoms with Crippen LogP contribution in [0.4, 0.5) is 0 Å². The molecule has 4 rings (SSSR count). The fourth-order valence-electron chi connectivity index (χ4n) is 2.93. The third-order valence-electron chi connectivity index (χ3n) is 4.16. The van der Waals surface area contributed by atoms with E-state index in [-0.39, 0.29) is 0 Å². The molecule has 0 saturated heterocycles. The van der Waals surface area contributed by atoms with E-state index < -0.39 is 5.91 Å². The lowest BCUT2D eigenvalue weighted by molar-refractivity contribution is 0.0995. The van der Waals surface area contributed by atoms with Crippen molar-refractivity contribution < 1.29 is 4.79 Å². The summed E-state index contributed by atoms with van der Waals surface area (Å²) >= 11 is 0. The Labute approximate surface area is 149 Å². The van der Waals surface area contributed by atoms with Gasteiger partial charge >= 0.3 is 0 Å². The van der Waals surface area contributed by atoms with E-state index in [0.717, 1.165) is 22.9 Å². The molecule has 0 fully saturated rings. The number of carbonyl (C=O) groups is 1. The van der Waals surface area contributed by atoms with Crippen molar-refractivity contribution in [3.8, 4) is 17.2 Å². The van der Waals surface area contributed by atoms with Crippen LogP contribution in [0.25, 0.3) is 22.9 Å². The van der Waals surface area contributed by atoms with Crippen LogP contribution in [0.15, 0.2) is 42.7 Å². The molecule has 0 spiro atoms. The summed E-state index contributed by atoms with van der Waals surface area (Å²) in [4.78, 5) is 20.4. The molecule has 8 nitrogen and oxygen atoms in total. The number of aryl methyl sites for hydroxylation is 2. The van der Waals surface area contributed by atoms with Crippen LogP contribution >= 0.6 is 0 Å². The van der Waals surface area contributed by atoms with E-state index in [9.17, 15) is 4.79 Å². The molecule has 0 saturated carbocycles. The lowest BCUT2D eigenvalue weighted by atomic mass is 10.2. The van der Waals surface area contributed by atoms with Gasteiger partial charge in [0.05, 0.1) is 11.9 Å². The van der Waals surface area contributed by atoms with Crippen molar-refractivity contribution in [2.75, 3.05) is 0 Å². The molecule has 0 aliphatic rings. The van der Waals surface area contributed by atoms with E-state index in [1.807, 2.05) is 54.9 Å². The molecule has 0 aliphatic carbocycles. The van der Waals surface area contributed by atoms with Gasteiger partial charge in [0.15, 0.2) is 5.82 Å². The van der Waals surface area contributed by atoms with Gasteiger partial charge in [-0.2, -0.15) is 0 Å². The summed E-state index contributed by atoms with van der Waals surface area (Å²) in [6, 6.07) is 9.51. The molecule has 26 heavy (non-hydrogen) atoms. The second-order valence-electron chi connectivity index (χ2n) is 5.92. The average Bonchev–Trinajstić information content (AvgIpc) is 3.25. The van der Waals surface area contributed by atoms with Crippen molar-refractivity contribution in [2.24, 2.45) is 5.73 Å². The van der Waals surface area contributed by atoms with Crippen molar-refractivity contribution in [1.82, 2.24) is 29.1 Å². The molecular formula is C18H17N7O. The minimum Gasteiger partial charge on any atom is -0.364 e. The predicted molar refractivity (Wildman–Crippen MR) is 96.0 cm³/mol. The topological polar surface area (TPSA) is 104 Å². The highest BCUT2D eigenvalue weighted by molar-refractivity contribution is 5.91. The monoisotopic (exact) mass is 347 g/mol. The smallest absolute Gasteiger partial charge is 0.267 e. The third kappa shape index (κ3) is 2.52. The van der Waals surface area contributed by atoms with Gasteiger partial charge in [-0.1, -0.05) is 13.0 Å². The van der Waals surface area contributed by atoms with Crippen molar-refractivity contribution in [3.05, 3.63) is 59.9 Å². The van der Waals surface area contributed by atoms with Crippen molar-refractivity contribution in [2.45, 2.75) is 20.3 Å². The number of nitrogens with zero attached hydrogens (tertiary/aromatic N) is 6. The lowest BCUT2D eigenvalue weighted by Gasteiger charge is -2.11. The number of hydrogen-bond acceptors (Lipinski definition) is 5. The van der Waals surface area contributed by atoms with Crippen LogP contribution in [0.2, 0.25) is 0 Å². The maximum atomic E-state index is 11.6. The molecule has 130 valence electrons. The van der Waals surface area contributed by atoms with Gasteiger partial charge in [-0.25, -0.2) is 9.97 Å². The standard InChI is InChI=1S/C18H17N7O/c1-3-15-22-23-18(13-6-4-5-11(2)21-13)25(15)12-7-8-16-20-9-14(17(19)26)24(16)10-12/h4-10H,3H2,1-2H3,(H2,19,26). The van der Waals surface area contributed by atoms with E-state index in [1.165, 1.54) is 6.20 Å². The largest absolute Gasteiger partial charge is 0.364 e. The Bertz CT molecular complexity index is 1130. The first-order valence-corrected chi connectivity index (χ1v) is 8.24. The number of aromatic nitrogens is 6. The maximum absolute atomic E-state index is 11.6. The number of imidazole rings is 1. The van der Waals surface area contributed by atoms with E-state index >= 15 is 0 Å². The molecule has 0 bridgehead atoms. The fourth-order valence-corrected chi connectivity index (χ4v) is 2.93. The Kier molecular flexibility index (Phi) is 3.72. The highest BCUT2D eigenvalue weighted by Gasteiger charge is 2.17. The predicted octanol–water partition coefficient (Wildman–Crippen LogP) is 1.95. The molecule has 0 aromatic carbocycles. The molecule has 8 heteroatoms. The highest BCUT2D eigenvalue weighted by Crippen LogP contribution is 2.23. The summed E-state index contributed by atoms with van der Waals surface area (Å²) in [6.45, 7) is 3.94. The number of rotatable bonds is 4. The second-order valence-corrected chi connectivity index (χ2v) is 5.92. The van der Waals surface area contributed by atoms with Gasteiger partial charge in [0, 0.05) is 18.3 Å². The number of fused-ring (bicyclic) bond motifs is 1. The van der Waals surface area contributed by atoms with Crippen LogP contribution < -0.4 is 5.73 Å². The zero-order chi connectivity index (χ0) is 18.3. The van der Waals surface area contributed by atoms with Gasteiger partial charge in [0.2, 0.25) is 0 Å². The fraction of sp³-hybridized carbons (Fsp3) is 0.167. The third-order valence-corrected chi connectivity index (χ3v) is 4.16. The van der Waals surface area contributed by atoms with Crippen molar-refractivity contribution in [1.29, 1.82) is 0 Å². The first-order chi connectivity index (χ1) is 12.6. The van der Waals surface area contributed by atoms with E-state index in [2.05, 4.69) is 20.2 Å². The molecule has 4 aromatic rings. The maximum Gasteiger partial charge on any atom is 0.267 e. The molecule has 1 amide bonds. The van der Waals surface area contributed by atoms with Crippen molar-refractivity contribution >= 4 is 11.6 Å². The quantitative estimate of drug-likeness (QED) is 0.607. The number of amides is 1. The summed E-state index contributed by atoms with van der Waals surface area (Å²) in [5, 5.41) is 8.63. The number of nitrogens with two attached hydrogens (primary N) is 1. The van der Waals surface area contributed by atoms with Crippen LogP contribution in [-0.2, 0) is 6.42 Å². The lowest BCUT2D eigenvalue weighted by Crippen LogP contribution is -2.14. The normalized spacial score (nSPS) is 11.2. The minimum atomic E-state index is -0.533. The van der Waals surface area contributed by atoms with Crippen LogP contribution in [-0.4, -0.2) is 35.0 Å². The zero-order valence-electron chi connectivity index (χ0n) is 14.4. The summed E-state index contributed by atoms with van der Waals surface area (Å²) in [5.41, 5.74) is 8.85. The number of pyridine rings is 2. The van der Waals surface area contributed by atoms with Gasteiger partial charge in [-0.05, 0) is 31.2 Å². The zero-order valence-corrected chi connectivity index (χ0v) is 14.4. The van der Waals surface area contributed by atoms with Gasteiger partial charge in [0.25, 0.3) is 5.91 Å². The molecule has 0 radical (unpaired) electrons. The van der Waals surface area contributed by atoms with Crippen LogP contribution in [0.3, 0.4) is 0 Å². The Hall–Kier alpha value is -3.55. The molecule has 0 aliphatic heterocycles. The van der Waals surface area contributed by atoms with Crippen LogP contribution in [0.1, 0.15) is 28.9 Å². The molecule has 0 unspecified atom stereocenters. The van der Waals surface area contributed by atoms with E-state index in [4.69, 9.17) is 5.73 Å². The Balaban J connectivity index is 1.95.